The number of amides is 2. The van der Waals surface area contributed by atoms with E-state index in [1.54, 1.807) is 80.8 Å². The molecular formula is C34H33FN4O4. The predicted octanol–water partition coefficient (Wildman–Crippen LogP) is 5.27. The molecule has 4 rings (SSSR count). The van der Waals surface area contributed by atoms with E-state index in [-0.39, 0.29) is 17.9 Å². The van der Waals surface area contributed by atoms with Gasteiger partial charge in [0.15, 0.2) is 5.82 Å². The summed E-state index contributed by atoms with van der Waals surface area (Å²) in [6.07, 6.45) is 4.67. The van der Waals surface area contributed by atoms with Crippen molar-refractivity contribution in [1.29, 1.82) is 0 Å². The molecule has 0 fully saturated rings. The molecule has 0 radical (unpaired) electrons. The number of carbonyl (C=O) groups is 3. The van der Waals surface area contributed by atoms with Crippen molar-refractivity contribution >= 4 is 29.7 Å². The predicted molar refractivity (Wildman–Crippen MR) is 163 cm³/mol. The van der Waals surface area contributed by atoms with Crippen LogP contribution in [-0.4, -0.2) is 46.9 Å². The number of methoxy groups -OCH3 is 1. The molecule has 220 valence electrons. The van der Waals surface area contributed by atoms with Crippen molar-refractivity contribution in [2.24, 2.45) is 5.92 Å². The maximum absolute atomic E-state index is 15.5. The lowest BCUT2D eigenvalue weighted by molar-refractivity contribution is -0.146. The number of halogens is 1. The number of carbonyl (C=O) groups excluding carboxylic acids is 3. The number of benzene rings is 3. The molecule has 0 aliphatic heterocycles. The fourth-order valence-corrected chi connectivity index (χ4v) is 4.48. The Kier molecular flexibility index (Phi) is 10.5. The molecule has 0 saturated heterocycles. The average molecular weight is 581 g/mol. The smallest absolute Gasteiger partial charge is 0.328 e. The number of rotatable bonds is 11. The molecule has 1 heterocycles. The van der Waals surface area contributed by atoms with Crippen molar-refractivity contribution in [3.05, 3.63) is 120 Å². The van der Waals surface area contributed by atoms with Gasteiger partial charge in [0.05, 0.1) is 7.11 Å². The van der Waals surface area contributed by atoms with E-state index in [0.717, 1.165) is 5.56 Å². The topological polar surface area (TPSA) is 110 Å². The van der Waals surface area contributed by atoms with Gasteiger partial charge in [-0.25, -0.2) is 19.2 Å². The lowest BCUT2D eigenvalue weighted by atomic mass is 10.0. The van der Waals surface area contributed by atoms with Crippen LogP contribution in [-0.2, 0) is 20.7 Å². The van der Waals surface area contributed by atoms with Gasteiger partial charge in [-0.15, -0.1) is 0 Å². The summed E-state index contributed by atoms with van der Waals surface area (Å²) in [4.78, 5) is 47.8. The first kappa shape index (κ1) is 30.8. The number of aromatic nitrogens is 2. The van der Waals surface area contributed by atoms with Crippen LogP contribution in [0.5, 0.6) is 0 Å². The molecule has 0 aliphatic carbocycles. The van der Waals surface area contributed by atoms with E-state index in [0.29, 0.717) is 22.5 Å². The third kappa shape index (κ3) is 8.19. The standard InChI is InChI=1S/C34H33FN4O4/c1-22(2)30(34(42)43-3)39-33(41)29(19-23-11-5-4-6-12-23)38-32(40)27-16-8-7-13-24(27)21-28(35)25-14-9-15-26(20-25)31-36-17-10-18-37-31/h4-18,20-22,29-30H,19H2,1-3H3,(H,38,40)(H,39,41)/b28-21-/t29-,30-/m0/s1. The Bertz CT molecular complexity index is 1590. The minimum atomic E-state index is -1.02. The summed E-state index contributed by atoms with van der Waals surface area (Å²) in [6, 6.07) is 22.3. The Labute approximate surface area is 250 Å². The van der Waals surface area contributed by atoms with Crippen LogP contribution in [0, 0.1) is 5.92 Å². The number of hydrogen-bond acceptors (Lipinski definition) is 6. The molecule has 0 bridgehead atoms. The minimum absolute atomic E-state index is 0.172. The zero-order chi connectivity index (χ0) is 30.8. The van der Waals surface area contributed by atoms with Crippen LogP contribution >= 0.6 is 0 Å². The van der Waals surface area contributed by atoms with Crippen molar-refractivity contribution in [3.63, 3.8) is 0 Å². The third-order valence-electron chi connectivity index (χ3n) is 6.77. The summed E-state index contributed by atoms with van der Waals surface area (Å²) in [6.45, 7) is 3.57. The number of ether oxygens (including phenoxy) is 1. The maximum atomic E-state index is 15.5. The summed E-state index contributed by atoms with van der Waals surface area (Å²) in [5.41, 5.74) is 2.26. The number of nitrogens with one attached hydrogen (secondary N) is 2. The molecule has 4 aromatic rings. The van der Waals surface area contributed by atoms with Gasteiger partial charge in [-0.2, -0.15) is 0 Å². The fraction of sp³-hybridized carbons (Fsp3) is 0.206. The van der Waals surface area contributed by atoms with Gasteiger partial charge in [0.1, 0.15) is 17.9 Å². The van der Waals surface area contributed by atoms with Gasteiger partial charge in [-0.05, 0) is 41.3 Å². The first-order chi connectivity index (χ1) is 20.8. The van der Waals surface area contributed by atoms with E-state index in [9.17, 15) is 14.4 Å². The molecule has 8 nitrogen and oxygen atoms in total. The molecule has 43 heavy (non-hydrogen) atoms. The van der Waals surface area contributed by atoms with Crippen molar-refractivity contribution < 1.29 is 23.5 Å². The highest BCUT2D eigenvalue weighted by Crippen LogP contribution is 2.25. The molecule has 2 amide bonds. The molecule has 0 saturated carbocycles. The van der Waals surface area contributed by atoms with Crippen molar-refractivity contribution in [2.45, 2.75) is 32.4 Å². The maximum Gasteiger partial charge on any atom is 0.328 e. The molecule has 2 N–H and O–H groups in total. The summed E-state index contributed by atoms with van der Waals surface area (Å²) in [5.74, 6) is -2.03. The van der Waals surface area contributed by atoms with E-state index in [2.05, 4.69) is 20.6 Å². The summed E-state index contributed by atoms with van der Waals surface area (Å²) in [7, 11) is 1.25. The van der Waals surface area contributed by atoms with Crippen LogP contribution in [0.3, 0.4) is 0 Å². The molecule has 2 atom stereocenters. The zero-order valence-electron chi connectivity index (χ0n) is 24.2. The largest absolute Gasteiger partial charge is 0.467 e. The van der Waals surface area contributed by atoms with Crippen molar-refractivity contribution in [2.75, 3.05) is 7.11 Å². The highest BCUT2D eigenvalue weighted by Gasteiger charge is 2.30. The second-order valence-electron chi connectivity index (χ2n) is 10.2. The Hall–Kier alpha value is -5.18. The van der Waals surface area contributed by atoms with E-state index in [4.69, 9.17) is 4.74 Å². The summed E-state index contributed by atoms with van der Waals surface area (Å²) < 4.78 is 20.4. The molecule has 9 heteroatoms. The lowest BCUT2D eigenvalue weighted by Gasteiger charge is -2.24. The van der Waals surface area contributed by atoms with Gasteiger partial charge in [-0.3, -0.25) is 9.59 Å². The Balaban J connectivity index is 1.60. The molecule has 0 spiro atoms. The Morgan fingerprint density at radius 2 is 1.58 bits per heavy atom. The van der Waals surface area contributed by atoms with Crippen LogP contribution in [0.1, 0.15) is 40.9 Å². The van der Waals surface area contributed by atoms with Crippen LogP contribution < -0.4 is 10.6 Å². The molecule has 1 aromatic heterocycles. The third-order valence-corrected chi connectivity index (χ3v) is 6.77. The first-order valence-electron chi connectivity index (χ1n) is 13.8. The van der Waals surface area contributed by atoms with Crippen LogP contribution in [0.25, 0.3) is 23.3 Å². The normalized spacial score (nSPS) is 12.7. The molecular weight excluding hydrogens is 547 g/mol. The lowest BCUT2D eigenvalue weighted by Crippen LogP contribution is -2.54. The van der Waals surface area contributed by atoms with Crippen molar-refractivity contribution in [1.82, 2.24) is 20.6 Å². The fourth-order valence-electron chi connectivity index (χ4n) is 4.48. The van der Waals surface area contributed by atoms with E-state index < -0.39 is 35.7 Å². The van der Waals surface area contributed by atoms with E-state index in [1.165, 1.54) is 13.2 Å². The molecule has 0 aliphatic rings. The number of hydrogen-bond donors (Lipinski definition) is 2. The van der Waals surface area contributed by atoms with Gasteiger partial charge < -0.3 is 15.4 Å². The van der Waals surface area contributed by atoms with E-state index in [1.807, 2.05) is 30.3 Å². The molecule has 0 unspecified atom stereocenters. The monoisotopic (exact) mass is 580 g/mol. The molecule has 3 aromatic carbocycles. The second kappa shape index (κ2) is 14.6. The van der Waals surface area contributed by atoms with Crippen LogP contribution in [0.4, 0.5) is 4.39 Å². The highest BCUT2D eigenvalue weighted by molar-refractivity contribution is 6.01. The Morgan fingerprint density at radius 3 is 2.28 bits per heavy atom. The average Bonchev–Trinajstić information content (AvgIpc) is 3.03. The van der Waals surface area contributed by atoms with Gasteiger partial charge in [0.25, 0.3) is 5.91 Å². The van der Waals surface area contributed by atoms with Crippen molar-refractivity contribution in [3.8, 4) is 11.4 Å². The van der Waals surface area contributed by atoms with Gasteiger partial charge >= 0.3 is 5.97 Å². The van der Waals surface area contributed by atoms with E-state index >= 15 is 4.39 Å². The van der Waals surface area contributed by atoms with Gasteiger partial charge in [-0.1, -0.05) is 80.6 Å². The number of esters is 1. The van der Waals surface area contributed by atoms with Gasteiger partial charge in [0, 0.05) is 35.5 Å². The second-order valence-corrected chi connectivity index (χ2v) is 10.2. The zero-order valence-corrected chi connectivity index (χ0v) is 24.2. The minimum Gasteiger partial charge on any atom is -0.467 e. The summed E-state index contributed by atoms with van der Waals surface area (Å²) >= 11 is 0. The quantitative estimate of drug-likeness (QED) is 0.185. The number of nitrogens with zero attached hydrogens (tertiary/aromatic N) is 2. The Morgan fingerprint density at radius 1 is 0.884 bits per heavy atom. The van der Waals surface area contributed by atoms with Crippen LogP contribution in [0.15, 0.2) is 97.3 Å². The van der Waals surface area contributed by atoms with Crippen LogP contribution in [0.2, 0.25) is 0 Å². The highest BCUT2D eigenvalue weighted by atomic mass is 19.1. The van der Waals surface area contributed by atoms with Gasteiger partial charge in [0.2, 0.25) is 5.91 Å². The SMILES string of the molecule is COC(=O)[C@@H](NC(=O)[C@H](Cc1ccccc1)NC(=O)c1ccccc1/C=C(\F)c1cccc(-c2ncccn2)c1)C(C)C. The first-order valence-corrected chi connectivity index (χ1v) is 13.8. The summed E-state index contributed by atoms with van der Waals surface area (Å²) in [5, 5.41) is 5.52.